The van der Waals surface area contributed by atoms with Crippen molar-refractivity contribution in [3.63, 3.8) is 0 Å². The van der Waals surface area contributed by atoms with Gasteiger partial charge in [-0.05, 0) is 31.2 Å². The van der Waals surface area contributed by atoms with Crippen LogP contribution in [0.25, 0.3) is 0 Å². The minimum Gasteiger partial charge on any atom is -0.311 e. The Morgan fingerprint density at radius 2 is 2.12 bits per heavy atom. The van der Waals surface area contributed by atoms with Crippen LogP contribution >= 0.6 is 11.6 Å². The lowest BCUT2D eigenvalue weighted by molar-refractivity contribution is 0.220. The van der Waals surface area contributed by atoms with Crippen molar-refractivity contribution in [3.05, 3.63) is 29.3 Å². The topological polar surface area (TPSA) is 56.1 Å². The van der Waals surface area contributed by atoms with E-state index in [1.807, 2.05) is 13.0 Å². The molecule has 0 unspecified atom stereocenters. The predicted molar refractivity (Wildman–Crippen MR) is 63.3 cm³/mol. The Kier molecular flexibility index (Phi) is 4.62. The fourth-order valence-corrected chi connectivity index (χ4v) is 1.27. The van der Waals surface area contributed by atoms with Crippen molar-refractivity contribution in [2.75, 3.05) is 18.4 Å². The highest BCUT2D eigenvalue weighted by Gasteiger charge is 2.10. The second-order valence-corrected chi connectivity index (χ2v) is 3.55. The lowest BCUT2D eigenvalue weighted by atomic mass is 10.3. The van der Waals surface area contributed by atoms with Gasteiger partial charge in [0.15, 0.2) is 0 Å². The SMILES string of the molecule is CCN(CC#N)C(=O)Nc1ccc(Cl)cc1. The molecule has 0 bridgehead atoms. The van der Waals surface area contributed by atoms with E-state index in [4.69, 9.17) is 16.9 Å². The van der Waals surface area contributed by atoms with Crippen LogP contribution in [0.2, 0.25) is 5.02 Å². The number of nitriles is 1. The van der Waals surface area contributed by atoms with Crippen molar-refractivity contribution in [3.8, 4) is 6.07 Å². The van der Waals surface area contributed by atoms with Gasteiger partial charge in [-0.3, -0.25) is 0 Å². The summed E-state index contributed by atoms with van der Waals surface area (Å²) in [6.07, 6.45) is 0. The van der Waals surface area contributed by atoms with Gasteiger partial charge in [-0.15, -0.1) is 0 Å². The molecular weight excluding hydrogens is 226 g/mol. The van der Waals surface area contributed by atoms with Crippen molar-refractivity contribution in [1.29, 1.82) is 5.26 Å². The molecule has 2 amide bonds. The van der Waals surface area contributed by atoms with Crippen LogP contribution in [0.4, 0.5) is 10.5 Å². The third kappa shape index (κ3) is 3.44. The van der Waals surface area contributed by atoms with Crippen LogP contribution in [-0.2, 0) is 0 Å². The summed E-state index contributed by atoms with van der Waals surface area (Å²) in [6.45, 7) is 2.39. The van der Waals surface area contributed by atoms with Crippen molar-refractivity contribution < 1.29 is 4.79 Å². The number of amides is 2. The Morgan fingerprint density at radius 1 is 1.50 bits per heavy atom. The maximum atomic E-state index is 11.6. The van der Waals surface area contributed by atoms with Crippen molar-refractivity contribution >= 4 is 23.3 Å². The quantitative estimate of drug-likeness (QED) is 0.822. The van der Waals surface area contributed by atoms with Crippen LogP contribution in [0, 0.1) is 11.3 Å². The first-order chi connectivity index (χ1) is 7.67. The van der Waals surface area contributed by atoms with Crippen LogP contribution in [0.5, 0.6) is 0 Å². The molecule has 1 rings (SSSR count). The van der Waals surface area contributed by atoms with Gasteiger partial charge in [-0.2, -0.15) is 5.26 Å². The monoisotopic (exact) mass is 237 g/mol. The molecule has 0 aromatic heterocycles. The fourth-order valence-electron chi connectivity index (χ4n) is 1.15. The number of benzene rings is 1. The van der Waals surface area contributed by atoms with Crippen LogP contribution < -0.4 is 5.32 Å². The molecule has 1 N–H and O–H groups in total. The first-order valence-corrected chi connectivity index (χ1v) is 5.23. The van der Waals surface area contributed by atoms with E-state index in [0.717, 1.165) is 0 Å². The fraction of sp³-hybridized carbons (Fsp3) is 0.273. The van der Waals surface area contributed by atoms with Gasteiger partial charge in [0.05, 0.1) is 6.07 Å². The Bertz CT molecular complexity index is 397. The van der Waals surface area contributed by atoms with E-state index in [1.165, 1.54) is 4.90 Å². The number of carbonyl (C=O) groups is 1. The van der Waals surface area contributed by atoms with Crippen LogP contribution in [0.3, 0.4) is 0 Å². The number of nitrogens with one attached hydrogen (secondary N) is 1. The number of anilines is 1. The number of halogens is 1. The van der Waals surface area contributed by atoms with Gasteiger partial charge in [-0.25, -0.2) is 4.79 Å². The van der Waals surface area contributed by atoms with E-state index < -0.39 is 0 Å². The van der Waals surface area contributed by atoms with E-state index in [0.29, 0.717) is 17.3 Å². The molecule has 0 radical (unpaired) electrons. The van der Waals surface area contributed by atoms with Gasteiger partial charge in [0.1, 0.15) is 6.54 Å². The van der Waals surface area contributed by atoms with E-state index in [-0.39, 0.29) is 12.6 Å². The number of carbonyl (C=O) groups excluding carboxylic acids is 1. The molecule has 0 atom stereocenters. The zero-order valence-electron chi connectivity index (χ0n) is 8.90. The lowest BCUT2D eigenvalue weighted by Gasteiger charge is -2.17. The summed E-state index contributed by atoms with van der Waals surface area (Å²) in [4.78, 5) is 13.1. The molecule has 0 heterocycles. The third-order valence-electron chi connectivity index (χ3n) is 2.03. The maximum Gasteiger partial charge on any atom is 0.322 e. The molecular formula is C11H12ClN3O. The van der Waals surface area contributed by atoms with Gasteiger partial charge in [0.2, 0.25) is 0 Å². The summed E-state index contributed by atoms with van der Waals surface area (Å²) >= 11 is 5.72. The highest BCUT2D eigenvalue weighted by Crippen LogP contribution is 2.13. The molecule has 0 saturated heterocycles. The minimum atomic E-state index is -0.286. The van der Waals surface area contributed by atoms with Crippen molar-refractivity contribution in [2.24, 2.45) is 0 Å². The first-order valence-electron chi connectivity index (χ1n) is 4.85. The second-order valence-electron chi connectivity index (χ2n) is 3.11. The summed E-state index contributed by atoms with van der Waals surface area (Å²) in [5.41, 5.74) is 0.658. The average molecular weight is 238 g/mol. The zero-order valence-corrected chi connectivity index (χ0v) is 9.66. The van der Waals surface area contributed by atoms with Crippen LogP contribution in [-0.4, -0.2) is 24.0 Å². The molecule has 0 aliphatic rings. The average Bonchev–Trinajstić information content (AvgIpc) is 2.29. The second kappa shape index (κ2) is 5.99. The number of nitrogens with zero attached hydrogens (tertiary/aromatic N) is 2. The van der Waals surface area contributed by atoms with Crippen LogP contribution in [0.1, 0.15) is 6.92 Å². The molecule has 4 nitrogen and oxygen atoms in total. The molecule has 0 fully saturated rings. The molecule has 0 saturated carbocycles. The van der Waals surface area contributed by atoms with Gasteiger partial charge in [0, 0.05) is 17.3 Å². The maximum absolute atomic E-state index is 11.6. The van der Waals surface area contributed by atoms with E-state index >= 15 is 0 Å². The summed E-state index contributed by atoms with van der Waals surface area (Å²) in [6, 6.07) is 8.45. The van der Waals surface area contributed by atoms with Gasteiger partial charge in [0.25, 0.3) is 0 Å². The van der Waals surface area contributed by atoms with E-state index in [9.17, 15) is 4.79 Å². The standard InChI is InChI=1S/C11H12ClN3O/c1-2-15(8-7-13)11(16)14-10-5-3-9(12)4-6-10/h3-6H,2,8H2,1H3,(H,14,16). The van der Waals surface area contributed by atoms with Gasteiger partial charge >= 0.3 is 6.03 Å². The summed E-state index contributed by atoms with van der Waals surface area (Å²) in [5.74, 6) is 0. The molecule has 1 aromatic rings. The number of hydrogen-bond acceptors (Lipinski definition) is 2. The molecule has 1 aromatic carbocycles. The Morgan fingerprint density at radius 3 is 2.62 bits per heavy atom. The first kappa shape index (κ1) is 12.3. The summed E-state index contributed by atoms with van der Waals surface area (Å²) in [5, 5.41) is 11.8. The smallest absolute Gasteiger partial charge is 0.311 e. The number of hydrogen-bond donors (Lipinski definition) is 1. The predicted octanol–water partition coefficient (Wildman–Crippen LogP) is 2.72. The Labute approximate surface area is 99.4 Å². The normalized spacial score (nSPS) is 9.31. The van der Waals surface area contributed by atoms with Gasteiger partial charge in [-0.1, -0.05) is 11.6 Å². The number of urea groups is 1. The Hall–Kier alpha value is -1.73. The largest absolute Gasteiger partial charge is 0.322 e. The van der Waals surface area contributed by atoms with E-state index in [1.54, 1.807) is 24.3 Å². The molecule has 0 aliphatic carbocycles. The zero-order chi connectivity index (χ0) is 12.0. The van der Waals surface area contributed by atoms with Crippen molar-refractivity contribution in [1.82, 2.24) is 4.90 Å². The molecule has 5 heteroatoms. The minimum absolute atomic E-state index is 0.0793. The van der Waals surface area contributed by atoms with Crippen molar-refractivity contribution in [2.45, 2.75) is 6.92 Å². The number of rotatable bonds is 3. The third-order valence-corrected chi connectivity index (χ3v) is 2.28. The highest BCUT2D eigenvalue weighted by molar-refractivity contribution is 6.30. The lowest BCUT2D eigenvalue weighted by Crippen LogP contribution is -2.34. The summed E-state index contributed by atoms with van der Waals surface area (Å²) < 4.78 is 0. The van der Waals surface area contributed by atoms with E-state index in [2.05, 4.69) is 5.32 Å². The molecule has 84 valence electrons. The summed E-state index contributed by atoms with van der Waals surface area (Å²) in [7, 11) is 0. The molecule has 0 spiro atoms. The molecule has 16 heavy (non-hydrogen) atoms. The molecule has 0 aliphatic heterocycles. The van der Waals surface area contributed by atoms with Gasteiger partial charge < -0.3 is 10.2 Å². The van der Waals surface area contributed by atoms with Crippen LogP contribution in [0.15, 0.2) is 24.3 Å². The Balaban J connectivity index is 2.63. The highest BCUT2D eigenvalue weighted by atomic mass is 35.5.